The van der Waals surface area contributed by atoms with Crippen LogP contribution in [-0.4, -0.2) is 11.6 Å². The molecule has 1 saturated carbocycles. The summed E-state index contributed by atoms with van der Waals surface area (Å²) in [7, 11) is 0. The Balaban J connectivity index is 1.56. The highest BCUT2D eigenvalue weighted by atomic mass is 35.5. The van der Waals surface area contributed by atoms with E-state index in [9.17, 15) is 4.79 Å². The number of hydrogen-bond acceptors (Lipinski definition) is 2. The van der Waals surface area contributed by atoms with Gasteiger partial charge in [-0.1, -0.05) is 53.5 Å². The average molecular weight is 361 g/mol. The van der Waals surface area contributed by atoms with Crippen molar-refractivity contribution in [3.8, 4) is 0 Å². The quantitative estimate of drug-likeness (QED) is 0.727. The summed E-state index contributed by atoms with van der Waals surface area (Å²) in [6.07, 6.45) is 3.93. The Hall–Kier alpha value is -1.84. The summed E-state index contributed by atoms with van der Waals surface area (Å²) in [6, 6.07) is 15.3. The first-order valence-corrected chi connectivity index (χ1v) is 8.75. The van der Waals surface area contributed by atoms with Gasteiger partial charge in [0.2, 0.25) is 0 Å². The number of amides is 1. The standard InChI is InChI=1S/C19H18Cl2N2O/c20-17-11-8-15(12-18(17)21)19(24)23-22-16-9-6-14(7-10-16)13-4-2-1-3-5-13/h1-5,8,11-12,14H,6-7,9-10H2,(H,23,24). The van der Waals surface area contributed by atoms with Gasteiger partial charge in [0.25, 0.3) is 5.91 Å². The van der Waals surface area contributed by atoms with Crippen molar-refractivity contribution in [1.82, 2.24) is 5.43 Å². The van der Waals surface area contributed by atoms with E-state index in [0.717, 1.165) is 31.4 Å². The molecular formula is C19H18Cl2N2O. The van der Waals surface area contributed by atoms with Gasteiger partial charge in [0, 0.05) is 11.3 Å². The molecule has 0 unspecified atom stereocenters. The molecule has 0 aliphatic heterocycles. The SMILES string of the molecule is O=C(NN=C1CCC(c2ccccc2)CC1)c1ccc(Cl)c(Cl)c1. The molecule has 1 fully saturated rings. The number of halogens is 2. The van der Waals surface area contributed by atoms with E-state index in [4.69, 9.17) is 23.2 Å². The predicted molar refractivity (Wildman–Crippen MR) is 99.0 cm³/mol. The van der Waals surface area contributed by atoms with Gasteiger partial charge in [-0.2, -0.15) is 5.10 Å². The molecule has 1 aliphatic carbocycles. The summed E-state index contributed by atoms with van der Waals surface area (Å²) in [4.78, 5) is 12.1. The minimum atomic E-state index is -0.272. The monoisotopic (exact) mass is 360 g/mol. The lowest BCUT2D eigenvalue weighted by molar-refractivity contribution is 0.0954. The van der Waals surface area contributed by atoms with E-state index < -0.39 is 0 Å². The van der Waals surface area contributed by atoms with Crippen LogP contribution in [0, 0.1) is 0 Å². The Labute approximate surface area is 151 Å². The van der Waals surface area contributed by atoms with Gasteiger partial charge < -0.3 is 0 Å². The third kappa shape index (κ3) is 4.16. The highest BCUT2D eigenvalue weighted by molar-refractivity contribution is 6.42. The fourth-order valence-electron chi connectivity index (χ4n) is 2.95. The molecule has 24 heavy (non-hydrogen) atoms. The van der Waals surface area contributed by atoms with Crippen LogP contribution in [0.3, 0.4) is 0 Å². The van der Waals surface area contributed by atoms with Crippen LogP contribution in [0.1, 0.15) is 47.5 Å². The molecule has 0 bridgehead atoms. The Morgan fingerprint density at radius 2 is 1.71 bits per heavy atom. The molecule has 1 N–H and O–H groups in total. The minimum absolute atomic E-state index is 0.272. The number of hydrogen-bond donors (Lipinski definition) is 1. The van der Waals surface area contributed by atoms with Crippen LogP contribution >= 0.6 is 23.2 Å². The lowest BCUT2D eigenvalue weighted by atomic mass is 9.83. The number of rotatable bonds is 3. The fraction of sp³-hybridized carbons (Fsp3) is 0.263. The predicted octanol–water partition coefficient (Wildman–Crippen LogP) is 5.44. The minimum Gasteiger partial charge on any atom is -0.267 e. The summed E-state index contributed by atoms with van der Waals surface area (Å²) in [5.74, 6) is 0.308. The lowest BCUT2D eigenvalue weighted by Gasteiger charge is -2.23. The van der Waals surface area contributed by atoms with Crippen LogP contribution in [0.2, 0.25) is 10.0 Å². The molecule has 0 spiro atoms. The van der Waals surface area contributed by atoms with Crippen molar-refractivity contribution < 1.29 is 4.79 Å². The summed E-state index contributed by atoms with van der Waals surface area (Å²) in [6.45, 7) is 0. The van der Waals surface area contributed by atoms with Gasteiger partial charge in [-0.3, -0.25) is 4.79 Å². The van der Waals surface area contributed by atoms with Crippen molar-refractivity contribution in [3.63, 3.8) is 0 Å². The molecule has 0 aromatic heterocycles. The van der Waals surface area contributed by atoms with Crippen molar-refractivity contribution in [3.05, 3.63) is 69.7 Å². The molecule has 1 aliphatic rings. The van der Waals surface area contributed by atoms with Gasteiger partial charge >= 0.3 is 0 Å². The molecule has 3 rings (SSSR count). The van der Waals surface area contributed by atoms with Crippen LogP contribution < -0.4 is 5.43 Å². The zero-order valence-electron chi connectivity index (χ0n) is 13.1. The highest BCUT2D eigenvalue weighted by Crippen LogP contribution is 2.31. The normalized spacial score (nSPS) is 17.4. The number of carbonyl (C=O) groups excluding carboxylic acids is 1. The van der Waals surface area contributed by atoms with Crippen LogP contribution in [-0.2, 0) is 0 Å². The molecule has 5 heteroatoms. The number of benzene rings is 2. The molecule has 0 radical (unpaired) electrons. The van der Waals surface area contributed by atoms with Crippen molar-refractivity contribution in [2.75, 3.05) is 0 Å². The molecule has 0 atom stereocenters. The van der Waals surface area contributed by atoms with Crippen molar-refractivity contribution in [2.24, 2.45) is 5.10 Å². The van der Waals surface area contributed by atoms with E-state index in [1.165, 1.54) is 5.56 Å². The highest BCUT2D eigenvalue weighted by Gasteiger charge is 2.19. The van der Waals surface area contributed by atoms with E-state index >= 15 is 0 Å². The molecule has 2 aromatic carbocycles. The Bertz CT molecular complexity index is 749. The smallest absolute Gasteiger partial charge is 0.267 e. The lowest BCUT2D eigenvalue weighted by Crippen LogP contribution is -2.22. The Kier molecular flexibility index (Phi) is 5.54. The first-order valence-electron chi connectivity index (χ1n) is 7.99. The maximum absolute atomic E-state index is 12.1. The van der Waals surface area contributed by atoms with Gasteiger partial charge in [-0.15, -0.1) is 0 Å². The van der Waals surface area contributed by atoms with E-state index in [1.54, 1.807) is 18.2 Å². The second kappa shape index (κ2) is 7.82. The summed E-state index contributed by atoms with van der Waals surface area (Å²) >= 11 is 11.8. The third-order valence-electron chi connectivity index (χ3n) is 4.33. The Morgan fingerprint density at radius 3 is 2.38 bits per heavy atom. The molecule has 2 aromatic rings. The van der Waals surface area contributed by atoms with E-state index in [1.807, 2.05) is 6.07 Å². The Morgan fingerprint density at radius 1 is 1.00 bits per heavy atom. The van der Waals surface area contributed by atoms with Gasteiger partial charge in [0.05, 0.1) is 10.0 Å². The van der Waals surface area contributed by atoms with Gasteiger partial charge in [0.1, 0.15) is 0 Å². The maximum atomic E-state index is 12.1. The van der Waals surface area contributed by atoms with Crippen LogP contribution in [0.15, 0.2) is 53.6 Å². The second-order valence-electron chi connectivity index (χ2n) is 5.93. The van der Waals surface area contributed by atoms with Gasteiger partial charge in [0.15, 0.2) is 0 Å². The van der Waals surface area contributed by atoms with E-state index in [2.05, 4.69) is 34.8 Å². The maximum Gasteiger partial charge on any atom is 0.271 e. The molecule has 0 saturated heterocycles. The van der Waals surface area contributed by atoms with Crippen LogP contribution in [0.5, 0.6) is 0 Å². The number of carbonyl (C=O) groups is 1. The molecule has 3 nitrogen and oxygen atoms in total. The molecule has 0 heterocycles. The zero-order chi connectivity index (χ0) is 16.9. The fourth-order valence-corrected chi connectivity index (χ4v) is 3.25. The number of nitrogens with one attached hydrogen (secondary N) is 1. The topological polar surface area (TPSA) is 41.5 Å². The summed E-state index contributed by atoms with van der Waals surface area (Å²) in [5, 5.41) is 5.07. The third-order valence-corrected chi connectivity index (χ3v) is 5.07. The van der Waals surface area contributed by atoms with Crippen molar-refractivity contribution in [1.29, 1.82) is 0 Å². The van der Waals surface area contributed by atoms with E-state index in [-0.39, 0.29) is 5.91 Å². The zero-order valence-corrected chi connectivity index (χ0v) is 14.6. The molecular weight excluding hydrogens is 343 g/mol. The largest absolute Gasteiger partial charge is 0.271 e. The second-order valence-corrected chi connectivity index (χ2v) is 6.75. The van der Waals surface area contributed by atoms with Crippen LogP contribution in [0.4, 0.5) is 0 Å². The summed E-state index contributed by atoms with van der Waals surface area (Å²) in [5.41, 5.74) is 5.49. The number of nitrogens with zero attached hydrogens (tertiary/aromatic N) is 1. The molecule has 124 valence electrons. The van der Waals surface area contributed by atoms with Crippen LogP contribution in [0.25, 0.3) is 0 Å². The van der Waals surface area contributed by atoms with Crippen molar-refractivity contribution >= 4 is 34.8 Å². The van der Waals surface area contributed by atoms with Gasteiger partial charge in [-0.25, -0.2) is 5.43 Å². The van der Waals surface area contributed by atoms with E-state index in [0.29, 0.717) is 21.5 Å². The summed E-state index contributed by atoms with van der Waals surface area (Å²) < 4.78 is 0. The molecule has 1 amide bonds. The first-order chi connectivity index (χ1) is 11.6. The average Bonchev–Trinajstić information content (AvgIpc) is 2.63. The number of hydrazone groups is 1. The van der Waals surface area contributed by atoms with Gasteiger partial charge in [-0.05, 0) is 55.4 Å². The first kappa shape index (κ1) is 17.0. The van der Waals surface area contributed by atoms with Crippen molar-refractivity contribution in [2.45, 2.75) is 31.6 Å².